The van der Waals surface area contributed by atoms with Gasteiger partial charge in [0.05, 0.1) is 13.2 Å². The van der Waals surface area contributed by atoms with Crippen molar-refractivity contribution in [2.24, 2.45) is 69.2 Å². The minimum Gasteiger partial charge on any atom is -0.508 e. The second-order valence-corrected chi connectivity index (χ2v) is 16.9. The Balaban J connectivity index is -0.000000195. The number of aromatic hydroxyl groups is 1. The molecule has 8 atom stereocenters. The van der Waals surface area contributed by atoms with Crippen LogP contribution in [0.5, 0.6) is 5.75 Å². The van der Waals surface area contributed by atoms with Crippen LogP contribution in [0.15, 0.2) is 54.6 Å². The molecule has 0 saturated heterocycles. The van der Waals surface area contributed by atoms with Crippen LogP contribution in [0, 0.1) is 22.7 Å². The van der Waals surface area contributed by atoms with Crippen molar-refractivity contribution in [1.82, 2.24) is 10.6 Å². The van der Waals surface area contributed by atoms with Crippen LogP contribution in [0.4, 0.5) is 0 Å². The average molecular weight is 1140 g/mol. The summed E-state index contributed by atoms with van der Waals surface area (Å²) in [6.07, 6.45) is 3.97. The van der Waals surface area contributed by atoms with Gasteiger partial charge in [-0.15, -0.1) is 0 Å². The van der Waals surface area contributed by atoms with Gasteiger partial charge < -0.3 is 119 Å². The van der Waals surface area contributed by atoms with Crippen LogP contribution >= 0.6 is 0 Å². The third kappa shape index (κ3) is 59.3. The molecule has 2 aromatic rings. The summed E-state index contributed by atoms with van der Waals surface area (Å²) in [6, 6.07) is 9.81. The Bertz CT molecular complexity index is 1990. The number of phenolic OH excluding ortho intramolecular Hbond substituents is 1. The number of carbonyl (C=O) groups is 8. The van der Waals surface area contributed by atoms with E-state index in [4.69, 9.17) is 113 Å². The van der Waals surface area contributed by atoms with E-state index in [1.165, 1.54) is 12.1 Å². The minimum atomic E-state index is -1.18. The van der Waals surface area contributed by atoms with Crippen LogP contribution in [0.3, 0.4) is 0 Å². The molecule has 0 radical (unpaired) electrons. The summed E-state index contributed by atoms with van der Waals surface area (Å²) in [7, 11) is 0. The maximum absolute atomic E-state index is 10.4. The smallest absolute Gasteiger partial charge is 0.322 e. The number of benzene rings is 2. The fourth-order valence-corrected chi connectivity index (χ4v) is 4.45. The Labute approximate surface area is 457 Å². The highest BCUT2D eigenvalue weighted by molar-refractivity contribution is 5.76. The predicted molar refractivity (Wildman–Crippen MR) is 292 cm³/mol. The number of nitrogens with two attached hydrogens (primary N) is 10. The first-order valence-electron chi connectivity index (χ1n) is 23.8. The molecule has 34 N–H and O–H groups in total. The standard InChI is InChI=1S/C9H11NO3.C9H11NO2.2C6H14N4O2.2C6H13NO2.C3H7NO3.C2H5NO2/c10-8(9(12)13)5-6-1-3-7(11)4-2-6;10-8(9(11)12)6-7-4-2-1-3-5-7;2*7-4(5(11)12)2-1-3-10-6(8)9;1-4(2)3-5(7)6(8)9;1-3-4(2)5(7)6(8)9;4-2(1-5)3(6)7;3-1-2(4)5/h1-4,8,11H,5,10H2,(H,12,13);1-5,8H,6,10H2,(H,11,12);2*4H,1-3,7H2,(H,11,12)(H4,8,9,10);2*4-5H,3,7H2,1-2H3,(H,8,9);2,5H,1,4H2,(H,6,7);1,3H2,(H,4,5). The van der Waals surface area contributed by atoms with Gasteiger partial charge in [-0.05, 0) is 80.0 Å². The molecule has 0 spiro atoms. The number of hydrogen-bond donors (Lipinski definition) is 24. The fourth-order valence-electron chi connectivity index (χ4n) is 4.45. The summed E-state index contributed by atoms with van der Waals surface area (Å²) < 4.78 is 0. The molecule has 2 aromatic carbocycles. The molecule has 0 aromatic heterocycles. The van der Waals surface area contributed by atoms with E-state index in [2.05, 4.69) is 16.4 Å². The number of guanidine groups is 2. The van der Waals surface area contributed by atoms with E-state index in [-0.39, 0.29) is 36.6 Å². The zero-order valence-electron chi connectivity index (χ0n) is 44.9. The summed E-state index contributed by atoms with van der Waals surface area (Å²) in [6.45, 7) is 7.83. The van der Waals surface area contributed by atoms with Crippen molar-refractivity contribution in [3.05, 3.63) is 65.7 Å². The Morgan fingerprint density at radius 3 is 1.06 bits per heavy atom. The van der Waals surface area contributed by atoms with E-state index < -0.39 is 96.7 Å². The van der Waals surface area contributed by atoms with Gasteiger partial charge in [-0.3, -0.25) is 49.2 Å². The van der Waals surface area contributed by atoms with E-state index >= 15 is 0 Å². The number of carboxylic acids is 8. The highest BCUT2D eigenvalue weighted by Crippen LogP contribution is 2.11. The SMILES string of the molecule is CC(C)CC(N)C(=O)O.CCC(C)C(N)C(=O)O.N=C(N)NCCCC(N)C(=O)O.N=C(N)NCCCC(N)C(=O)O.NC(CO)C(=O)O.NC(Cc1ccc(O)cc1)C(=O)O.NC(Cc1ccccc1)C(=O)O.NCC(=O)O. The lowest BCUT2D eigenvalue weighted by atomic mass is 10.0. The number of aliphatic carboxylic acids is 8. The van der Waals surface area contributed by atoms with Crippen LogP contribution in [-0.4, -0.2) is 179 Å². The predicted octanol–water partition coefficient (Wildman–Crippen LogP) is -3.38. The van der Waals surface area contributed by atoms with Crippen molar-refractivity contribution in [2.45, 2.75) is 121 Å². The normalized spacial score (nSPS) is 12.7. The number of aliphatic hydroxyl groups excluding tert-OH is 1. The maximum Gasteiger partial charge on any atom is 0.322 e. The molecule has 32 nitrogen and oxygen atoms in total. The molecule has 454 valence electrons. The van der Waals surface area contributed by atoms with Crippen molar-refractivity contribution < 1.29 is 89.4 Å². The van der Waals surface area contributed by atoms with Crippen molar-refractivity contribution in [2.75, 3.05) is 26.2 Å². The summed E-state index contributed by atoms with van der Waals surface area (Å²) in [5.41, 5.74) is 52.7. The number of aliphatic hydroxyl groups is 1. The number of hydrogen-bond acceptors (Lipinski definition) is 20. The molecule has 0 fully saturated rings. The third-order valence-corrected chi connectivity index (χ3v) is 9.25. The van der Waals surface area contributed by atoms with E-state index in [1.54, 1.807) is 12.1 Å². The van der Waals surface area contributed by atoms with Gasteiger partial charge in [0.25, 0.3) is 0 Å². The van der Waals surface area contributed by atoms with Crippen LogP contribution in [0.1, 0.15) is 77.3 Å². The first kappa shape index (κ1) is 82.5. The molecule has 0 aliphatic heterocycles. The summed E-state index contributed by atoms with van der Waals surface area (Å²) in [5, 5.41) is 102. The number of rotatable bonds is 25. The minimum absolute atomic E-state index is 0.0718. The Hall–Kier alpha value is -7.82. The van der Waals surface area contributed by atoms with Gasteiger partial charge in [0.1, 0.15) is 48.0 Å². The topological polar surface area (TPSA) is 671 Å². The Morgan fingerprint density at radius 2 is 0.848 bits per heavy atom. The van der Waals surface area contributed by atoms with Crippen molar-refractivity contribution in [3.63, 3.8) is 0 Å². The number of phenols is 1. The van der Waals surface area contributed by atoms with Crippen LogP contribution in [-0.2, 0) is 51.2 Å². The molecule has 79 heavy (non-hydrogen) atoms. The molecule has 8 unspecified atom stereocenters. The molecule has 2 rings (SSSR count). The highest BCUT2D eigenvalue weighted by Gasteiger charge is 2.18. The van der Waals surface area contributed by atoms with Crippen LogP contribution < -0.4 is 68.0 Å². The van der Waals surface area contributed by atoms with Gasteiger partial charge in [0, 0.05) is 13.1 Å². The second-order valence-electron chi connectivity index (χ2n) is 16.9. The molecule has 0 bridgehead atoms. The molecule has 0 saturated carbocycles. The largest absolute Gasteiger partial charge is 0.508 e. The molecule has 0 amide bonds. The third-order valence-electron chi connectivity index (χ3n) is 9.25. The lowest BCUT2D eigenvalue weighted by Gasteiger charge is -2.11. The molecule has 0 heterocycles. The first-order valence-corrected chi connectivity index (χ1v) is 23.8. The van der Waals surface area contributed by atoms with Gasteiger partial charge in [-0.1, -0.05) is 76.6 Å². The average Bonchev–Trinajstić information content (AvgIpc) is 3.37. The number of nitrogens with one attached hydrogen (secondary N) is 4. The quantitative estimate of drug-likeness (QED) is 0.0262. The molecule has 0 aliphatic rings. The maximum atomic E-state index is 10.4. The van der Waals surface area contributed by atoms with E-state index in [0.717, 1.165) is 17.5 Å². The van der Waals surface area contributed by atoms with Crippen molar-refractivity contribution in [1.29, 1.82) is 10.8 Å². The summed E-state index contributed by atoms with van der Waals surface area (Å²) in [4.78, 5) is 80.4. The van der Waals surface area contributed by atoms with Gasteiger partial charge in [-0.2, -0.15) is 0 Å². The van der Waals surface area contributed by atoms with Gasteiger partial charge in [0.15, 0.2) is 11.9 Å². The van der Waals surface area contributed by atoms with E-state index in [9.17, 15) is 38.4 Å². The van der Waals surface area contributed by atoms with Gasteiger partial charge in [0.2, 0.25) is 0 Å². The Morgan fingerprint density at radius 1 is 0.519 bits per heavy atom. The monoisotopic (exact) mass is 1140 g/mol. The lowest BCUT2D eigenvalue weighted by molar-refractivity contribution is -0.140. The van der Waals surface area contributed by atoms with Gasteiger partial charge in [-0.25, -0.2) is 0 Å². The van der Waals surface area contributed by atoms with E-state index in [1.807, 2.05) is 58.0 Å². The number of carboxylic acid groups (broad SMARTS) is 8. The van der Waals surface area contributed by atoms with Crippen molar-refractivity contribution >= 4 is 59.7 Å². The Kier molecular flexibility index (Phi) is 53.2. The fraction of sp³-hybridized carbons (Fsp3) is 0.532. The molecule has 0 aliphatic carbocycles. The van der Waals surface area contributed by atoms with Crippen LogP contribution in [0.25, 0.3) is 0 Å². The molecular weight excluding hydrogens is 1050 g/mol. The first-order chi connectivity index (χ1) is 36.4. The lowest BCUT2D eigenvalue weighted by Crippen LogP contribution is -2.36. The summed E-state index contributed by atoms with van der Waals surface area (Å²) in [5.74, 6) is -7.59. The second kappa shape index (κ2) is 51.0. The highest BCUT2D eigenvalue weighted by atomic mass is 16.4. The summed E-state index contributed by atoms with van der Waals surface area (Å²) >= 11 is 0. The zero-order valence-corrected chi connectivity index (χ0v) is 44.9. The van der Waals surface area contributed by atoms with E-state index in [0.29, 0.717) is 57.5 Å². The molecule has 32 heteroatoms. The van der Waals surface area contributed by atoms with Gasteiger partial charge >= 0.3 is 47.8 Å². The van der Waals surface area contributed by atoms with Crippen LogP contribution in [0.2, 0.25) is 0 Å². The van der Waals surface area contributed by atoms with Crippen molar-refractivity contribution in [3.8, 4) is 5.75 Å². The zero-order chi connectivity index (χ0) is 63.0. The molecular formula is C47H88N14O18.